The van der Waals surface area contributed by atoms with E-state index in [0.717, 1.165) is 5.56 Å². The van der Waals surface area contributed by atoms with Crippen molar-refractivity contribution in [3.8, 4) is 22.8 Å². The Labute approximate surface area is 160 Å². The fourth-order valence-corrected chi connectivity index (χ4v) is 2.72. The van der Waals surface area contributed by atoms with Crippen LogP contribution in [0.1, 0.15) is 5.56 Å². The fraction of sp³-hybridized carbons (Fsp3) is 0.105. The predicted molar refractivity (Wildman–Crippen MR) is 106 cm³/mol. The van der Waals surface area contributed by atoms with Crippen molar-refractivity contribution in [3.63, 3.8) is 0 Å². The molecule has 8 heteroatoms. The molecule has 0 saturated heterocycles. The second-order valence-corrected chi connectivity index (χ2v) is 5.80. The van der Waals surface area contributed by atoms with Crippen LogP contribution in [-0.4, -0.2) is 30.4 Å². The Morgan fingerprint density at radius 1 is 1.15 bits per heavy atom. The minimum atomic E-state index is -0.286. The number of nitrogens with zero attached hydrogens (tertiary/aromatic N) is 2. The van der Waals surface area contributed by atoms with Crippen LogP contribution in [0.3, 0.4) is 0 Å². The first-order chi connectivity index (χ1) is 13.1. The number of aromatic amines is 1. The van der Waals surface area contributed by atoms with Crippen LogP contribution >= 0.6 is 11.6 Å². The van der Waals surface area contributed by atoms with Crippen LogP contribution < -0.4 is 20.5 Å². The highest BCUT2D eigenvalue weighted by atomic mass is 35.5. The standard InChI is InChI=1S/C19H17ClN4O3/c1-26-15-9-8-13(17(20)18(15)27-2)11-21-24-19-22-14(10-16(25)23-19)12-6-4-3-5-7-12/h3-11H,1-2H3,(H2,22,23,24,25)/b21-11-. The molecule has 1 aromatic heterocycles. The number of anilines is 1. The van der Waals surface area contributed by atoms with Crippen molar-refractivity contribution in [2.24, 2.45) is 5.10 Å². The summed E-state index contributed by atoms with van der Waals surface area (Å²) in [6.07, 6.45) is 1.50. The third-order valence-electron chi connectivity index (χ3n) is 3.70. The van der Waals surface area contributed by atoms with Gasteiger partial charge in [-0.25, -0.2) is 10.4 Å². The third kappa shape index (κ3) is 4.27. The van der Waals surface area contributed by atoms with Crippen LogP contribution in [0.4, 0.5) is 5.95 Å². The lowest BCUT2D eigenvalue weighted by Gasteiger charge is -2.10. The monoisotopic (exact) mass is 384 g/mol. The van der Waals surface area contributed by atoms with E-state index in [1.807, 2.05) is 30.3 Å². The van der Waals surface area contributed by atoms with E-state index < -0.39 is 0 Å². The molecule has 0 amide bonds. The fourth-order valence-electron chi connectivity index (χ4n) is 2.43. The Kier molecular flexibility index (Phi) is 5.73. The number of H-pyrrole nitrogens is 1. The van der Waals surface area contributed by atoms with Gasteiger partial charge in [-0.2, -0.15) is 5.10 Å². The molecule has 0 fully saturated rings. The van der Waals surface area contributed by atoms with E-state index in [0.29, 0.717) is 27.8 Å². The molecule has 0 bridgehead atoms. The van der Waals surface area contributed by atoms with Crippen molar-refractivity contribution >= 4 is 23.8 Å². The van der Waals surface area contributed by atoms with Gasteiger partial charge in [0.1, 0.15) is 0 Å². The van der Waals surface area contributed by atoms with Crippen molar-refractivity contribution in [1.29, 1.82) is 0 Å². The van der Waals surface area contributed by atoms with Gasteiger partial charge < -0.3 is 9.47 Å². The minimum Gasteiger partial charge on any atom is -0.493 e. The molecule has 0 aliphatic rings. The van der Waals surface area contributed by atoms with Crippen molar-refractivity contribution < 1.29 is 9.47 Å². The zero-order valence-corrected chi connectivity index (χ0v) is 15.4. The Hall–Kier alpha value is -3.32. The number of benzene rings is 2. The minimum absolute atomic E-state index is 0.217. The molecule has 3 aromatic rings. The largest absolute Gasteiger partial charge is 0.493 e. The Balaban J connectivity index is 1.83. The summed E-state index contributed by atoms with van der Waals surface area (Å²) >= 11 is 6.31. The highest BCUT2D eigenvalue weighted by Crippen LogP contribution is 2.36. The number of hydrogen-bond donors (Lipinski definition) is 2. The van der Waals surface area contributed by atoms with Crippen molar-refractivity contribution in [2.45, 2.75) is 0 Å². The topological polar surface area (TPSA) is 88.6 Å². The molecule has 1 heterocycles. The number of hydrogen-bond acceptors (Lipinski definition) is 6. The third-order valence-corrected chi connectivity index (χ3v) is 4.09. The van der Waals surface area contributed by atoms with Gasteiger partial charge in [0.15, 0.2) is 11.5 Å². The normalized spacial score (nSPS) is 10.8. The lowest BCUT2D eigenvalue weighted by atomic mass is 10.1. The van der Waals surface area contributed by atoms with E-state index in [2.05, 4.69) is 20.5 Å². The van der Waals surface area contributed by atoms with Crippen molar-refractivity contribution in [3.05, 3.63) is 69.5 Å². The zero-order chi connectivity index (χ0) is 19.2. The van der Waals surface area contributed by atoms with Gasteiger partial charge in [-0.05, 0) is 12.1 Å². The first-order valence-electron chi connectivity index (χ1n) is 7.98. The molecule has 7 nitrogen and oxygen atoms in total. The molecule has 0 atom stereocenters. The highest BCUT2D eigenvalue weighted by molar-refractivity contribution is 6.34. The smallest absolute Gasteiger partial charge is 0.252 e. The van der Waals surface area contributed by atoms with Gasteiger partial charge in [0.05, 0.1) is 31.2 Å². The summed E-state index contributed by atoms with van der Waals surface area (Å²) in [4.78, 5) is 18.8. The van der Waals surface area contributed by atoms with E-state index >= 15 is 0 Å². The molecule has 0 spiro atoms. The van der Waals surface area contributed by atoms with Gasteiger partial charge >= 0.3 is 0 Å². The van der Waals surface area contributed by atoms with Crippen LogP contribution in [0, 0.1) is 0 Å². The molecule has 0 unspecified atom stereocenters. The molecule has 27 heavy (non-hydrogen) atoms. The molecule has 138 valence electrons. The summed E-state index contributed by atoms with van der Waals surface area (Å²) in [6, 6.07) is 14.3. The van der Waals surface area contributed by atoms with E-state index in [-0.39, 0.29) is 11.5 Å². The first-order valence-corrected chi connectivity index (χ1v) is 8.36. The summed E-state index contributed by atoms with van der Waals surface area (Å²) in [6.45, 7) is 0. The molecule has 2 N–H and O–H groups in total. The van der Waals surface area contributed by atoms with Gasteiger partial charge in [0.25, 0.3) is 5.56 Å². The number of ether oxygens (including phenoxy) is 2. The summed E-state index contributed by atoms with van der Waals surface area (Å²) in [5.74, 6) is 1.16. The second kappa shape index (κ2) is 8.37. The van der Waals surface area contributed by atoms with Gasteiger partial charge in [0, 0.05) is 17.2 Å². The van der Waals surface area contributed by atoms with Gasteiger partial charge in [-0.15, -0.1) is 0 Å². The summed E-state index contributed by atoms with van der Waals surface area (Å²) in [5, 5.41) is 4.45. The maximum atomic E-state index is 11.9. The Morgan fingerprint density at radius 2 is 1.93 bits per heavy atom. The van der Waals surface area contributed by atoms with Crippen molar-refractivity contribution in [1.82, 2.24) is 9.97 Å². The molecule has 0 radical (unpaired) electrons. The van der Waals surface area contributed by atoms with Crippen LogP contribution in [0.5, 0.6) is 11.5 Å². The number of rotatable bonds is 6. The second-order valence-electron chi connectivity index (χ2n) is 5.42. The number of nitrogens with one attached hydrogen (secondary N) is 2. The summed E-state index contributed by atoms with van der Waals surface area (Å²) in [7, 11) is 3.04. The quantitative estimate of drug-likeness (QED) is 0.501. The molecule has 0 aliphatic heterocycles. The number of aromatic nitrogens is 2. The maximum Gasteiger partial charge on any atom is 0.252 e. The maximum absolute atomic E-state index is 11.9. The Bertz CT molecular complexity index is 1020. The number of methoxy groups -OCH3 is 2. The van der Waals surface area contributed by atoms with E-state index in [9.17, 15) is 4.79 Å². The molecule has 0 saturated carbocycles. The van der Waals surface area contributed by atoms with Crippen LogP contribution in [0.2, 0.25) is 5.02 Å². The van der Waals surface area contributed by atoms with E-state index in [1.165, 1.54) is 26.5 Å². The average Bonchev–Trinajstić information content (AvgIpc) is 2.69. The average molecular weight is 385 g/mol. The lowest BCUT2D eigenvalue weighted by Crippen LogP contribution is -2.10. The van der Waals surface area contributed by atoms with Gasteiger partial charge in [0.2, 0.25) is 5.95 Å². The lowest BCUT2D eigenvalue weighted by molar-refractivity contribution is 0.355. The number of hydrazone groups is 1. The number of halogens is 1. The molecule has 3 rings (SSSR count). The van der Waals surface area contributed by atoms with Crippen molar-refractivity contribution in [2.75, 3.05) is 19.6 Å². The van der Waals surface area contributed by atoms with Crippen LogP contribution in [-0.2, 0) is 0 Å². The molecule has 0 aliphatic carbocycles. The summed E-state index contributed by atoms with van der Waals surface area (Å²) < 4.78 is 10.4. The van der Waals surface area contributed by atoms with E-state index in [4.69, 9.17) is 21.1 Å². The highest BCUT2D eigenvalue weighted by Gasteiger charge is 2.11. The Morgan fingerprint density at radius 3 is 2.63 bits per heavy atom. The molecular weight excluding hydrogens is 368 g/mol. The van der Waals surface area contributed by atoms with E-state index in [1.54, 1.807) is 12.1 Å². The van der Waals surface area contributed by atoms with Gasteiger partial charge in [-0.1, -0.05) is 41.9 Å². The SMILES string of the molecule is COc1ccc(/C=N\Nc2nc(-c3ccccc3)cc(=O)[nH]2)c(Cl)c1OC. The van der Waals surface area contributed by atoms with Crippen LogP contribution in [0.15, 0.2) is 58.4 Å². The first kappa shape index (κ1) is 18.5. The zero-order valence-electron chi connectivity index (χ0n) is 14.7. The predicted octanol–water partition coefficient (Wildman–Crippen LogP) is 3.55. The summed E-state index contributed by atoms with van der Waals surface area (Å²) in [5.41, 5.74) is 4.41. The van der Waals surface area contributed by atoms with Crippen LogP contribution in [0.25, 0.3) is 11.3 Å². The molecular formula is C19H17ClN4O3. The molecule has 2 aromatic carbocycles. The van der Waals surface area contributed by atoms with Gasteiger partial charge in [-0.3, -0.25) is 9.78 Å².